The van der Waals surface area contributed by atoms with E-state index in [0.717, 1.165) is 0 Å². The maximum absolute atomic E-state index is 13.2. The quantitative estimate of drug-likeness (QED) is 0.779. The fourth-order valence-electron chi connectivity index (χ4n) is 2.42. The van der Waals surface area contributed by atoms with Crippen LogP contribution < -0.4 is 0 Å². The zero-order valence-electron chi connectivity index (χ0n) is 9.48. The van der Waals surface area contributed by atoms with Gasteiger partial charge in [0.1, 0.15) is 11.9 Å². The molecule has 0 aliphatic heterocycles. The molecule has 2 heterocycles. The van der Waals surface area contributed by atoms with E-state index in [1.807, 2.05) is 6.07 Å². The molecule has 2 aromatic rings. The van der Waals surface area contributed by atoms with Gasteiger partial charge in [0.25, 0.3) is 0 Å². The van der Waals surface area contributed by atoms with Crippen molar-refractivity contribution in [1.82, 2.24) is 14.6 Å². The highest BCUT2D eigenvalue weighted by molar-refractivity contribution is 5.43. The first-order valence-electron chi connectivity index (χ1n) is 5.72. The van der Waals surface area contributed by atoms with Crippen LogP contribution >= 0.6 is 0 Å². The SMILES string of the molecule is N#Cc1ccc2nnc(C3CCC(F)(F)C3)n2c1. The number of rotatable bonds is 1. The summed E-state index contributed by atoms with van der Waals surface area (Å²) >= 11 is 0. The van der Waals surface area contributed by atoms with Gasteiger partial charge in [-0.25, -0.2) is 8.78 Å². The second kappa shape index (κ2) is 3.73. The van der Waals surface area contributed by atoms with Crippen LogP contribution in [0.15, 0.2) is 18.3 Å². The lowest BCUT2D eigenvalue weighted by atomic mass is 10.1. The Morgan fingerprint density at radius 1 is 1.39 bits per heavy atom. The molecule has 92 valence electrons. The highest BCUT2D eigenvalue weighted by Gasteiger charge is 2.41. The molecule has 3 rings (SSSR count). The van der Waals surface area contributed by atoms with Gasteiger partial charge >= 0.3 is 0 Å². The summed E-state index contributed by atoms with van der Waals surface area (Å²) in [5.74, 6) is -2.37. The van der Waals surface area contributed by atoms with Crippen molar-refractivity contribution in [1.29, 1.82) is 5.26 Å². The third kappa shape index (κ3) is 1.72. The molecule has 1 atom stereocenters. The van der Waals surface area contributed by atoms with Crippen LogP contribution in [0.2, 0.25) is 0 Å². The third-order valence-corrected chi connectivity index (χ3v) is 3.33. The zero-order valence-corrected chi connectivity index (χ0v) is 9.48. The molecular weight excluding hydrogens is 238 g/mol. The minimum absolute atomic E-state index is 0.107. The van der Waals surface area contributed by atoms with Crippen molar-refractivity contribution in [2.75, 3.05) is 0 Å². The maximum atomic E-state index is 13.2. The van der Waals surface area contributed by atoms with Gasteiger partial charge in [0.05, 0.1) is 5.56 Å². The number of nitriles is 1. The summed E-state index contributed by atoms with van der Waals surface area (Å²) in [7, 11) is 0. The van der Waals surface area contributed by atoms with E-state index in [1.165, 1.54) is 0 Å². The van der Waals surface area contributed by atoms with E-state index in [0.29, 0.717) is 23.5 Å². The molecule has 1 fully saturated rings. The molecule has 0 bridgehead atoms. The van der Waals surface area contributed by atoms with Crippen molar-refractivity contribution >= 4 is 5.65 Å². The fourth-order valence-corrected chi connectivity index (χ4v) is 2.42. The smallest absolute Gasteiger partial charge is 0.248 e. The molecule has 0 amide bonds. The Bertz CT molecular complexity index is 641. The summed E-state index contributed by atoms with van der Waals surface area (Å²) in [4.78, 5) is 0. The molecule has 0 spiro atoms. The third-order valence-electron chi connectivity index (χ3n) is 3.33. The molecule has 1 aliphatic rings. The van der Waals surface area contributed by atoms with Crippen molar-refractivity contribution in [2.24, 2.45) is 0 Å². The van der Waals surface area contributed by atoms with Crippen LogP contribution in [0.1, 0.15) is 36.6 Å². The molecule has 0 aromatic carbocycles. The van der Waals surface area contributed by atoms with Crippen LogP contribution in [0, 0.1) is 11.3 Å². The number of nitrogens with zero attached hydrogens (tertiary/aromatic N) is 4. The van der Waals surface area contributed by atoms with Crippen molar-refractivity contribution in [3.8, 4) is 6.07 Å². The van der Waals surface area contributed by atoms with Crippen molar-refractivity contribution in [2.45, 2.75) is 31.1 Å². The van der Waals surface area contributed by atoms with E-state index >= 15 is 0 Å². The Balaban J connectivity index is 2.05. The van der Waals surface area contributed by atoms with Gasteiger partial charge in [-0.1, -0.05) is 0 Å². The monoisotopic (exact) mass is 248 g/mol. The van der Waals surface area contributed by atoms with Crippen molar-refractivity contribution in [3.63, 3.8) is 0 Å². The Hall–Kier alpha value is -2.03. The van der Waals surface area contributed by atoms with E-state index in [1.54, 1.807) is 22.7 Å². The van der Waals surface area contributed by atoms with Gasteiger partial charge in [-0.3, -0.25) is 4.40 Å². The lowest BCUT2D eigenvalue weighted by molar-refractivity contribution is 0.00752. The van der Waals surface area contributed by atoms with Crippen LogP contribution in [0.3, 0.4) is 0 Å². The average molecular weight is 248 g/mol. The number of hydrogen-bond acceptors (Lipinski definition) is 3. The summed E-state index contributed by atoms with van der Waals surface area (Å²) in [5, 5.41) is 16.8. The van der Waals surface area contributed by atoms with Gasteiger partial charge < -0.3 is 0 Å². The number of aromatic nitrogens is 3. The predicted octanol–water partition coefficient (Wildman–Crippen LogP) is 2.50. The first-order valence-corrected chi connectivity index (χ1v) is 5.72. The second-order valence-electron chi connectivity index (χ2n) is 4.61. The number of fused-ring (bicyclic) bond motifs is 1. The first kappa shape index (κ1) is 11.1. The number of hydrogen-bond donors (Lipinski definition) is 0. The number of halogens is 2. The highest BCUT2D eigenvalue weighted by atomic mass is 19.3. The van der Waals surface area contributed by atoms with Gasteiger partial charge in [0.15, 0.2) is 5.65 Å². The van der Waals surface area contributed by atoms with Crippen LogP contribution in [0.4, 0.5) is 8.78 Å². The van der Waals surface area contributed by atoms with Gasteiger partial charge in [0, 0.05) is 25.0 Å². The molecule has 0 N–H and O–H groups in total. The van der Waals surface area contributed by atoms with Gasteiger partial charge in [-0.15, -0.1) is 10.2 Å². The minimum atomic E-state index is -2.61. The molecule has 18 heavy (non-hydrogen) atoms. The molecule has 0 radical (unpaired) electrons. The van der Waals surface area contributed by atoms with Crippen LogP contribution in [-0.4, -0.2) is 20.5 Å². The Labute approximate surface area is 102 Å². The van der Waals surface area contributed by atoms with Gasteiger partial charge in [-0.2, -0.15) is 5.26 Å². The Kier molecular flexibility index (Phi) is 2.30. The topological polar surface area (TPSA) is 54.0 Å². The summed E-state index contributed by atoms with van der Waals surface area (Å²) in [6, 6.07) is 5.32. The molecule has 1 unspecified atom stereocenters. The fraction of sp³-hybridized carbons (Fsp3) is 0.417. The molecule has 4 nitrogen and oxygen atoms in total. The number of pyridine rings is 1. The summed E-state index contributed by atoms with van der Waals surface area (Å²) < 4.78 is 28.1. The normalized spacial score (nSPS) is 22.2. The van der Waals surface area contributed by atoms with E-state index in [4.69, 9.17) is 5.26 Å². The summed E-state index contributed by atoms with van der Waals surface area (Å²) in [5.41, 5.74) is 1.05. The Morgan fingerprint density at radius 2 is 2.22 bits per heavy atom. The lowest BCUT2D eigenvalue weighted by Gasteiger charge is -2.08. The summed E-state index contributed by atoms with van der Waals surface area (Å²) in [6.07, 6.45) is 1.71. The zero-order chi connectivity index (χ0) is 12.8. The second-order valence-corrected chi connectivity index (χ2v) is 4.61. The van der Waals surface area contributed by atoms with Crippen molar-refractivity contribution < 1.29 is 8.78 Å². The van der Waals surface area contributed by atoms with Crippen LogP contribution in [0.5, 0.6) is 0 Å². The van der Waals surface area contributed by atoms with Crippen LogP contribution in [0.25, 0.3) is 5.65 Å². The van der Waals surface area contributed by atoms with Crippen molar-refractivity contribution in [3.05, 3.63) is 29.7 Å². The lowest BCUT2D eigenvalue weighted by Crippen LogP contribution is -2.10. The van der Waals surface area contributed by atoms with Gasteiger partial charge in [-0.05, 0) is 18.6 Å². The Morgan fingerprint density at radius 3 is 2.89 bits per heavy atom. The molecule has 1 aliphatic carbocycles. The largest absolute Gasteiger partial charge is 0.285 e. The average Bonchev–Trinajstić information content (AvgIpc) is 2.91. The van der Waals surface area contributed by atoms with Gasteiger partial charge in [0.2, 0.25) is 5.92 Å². The predicted molar refractivity (Wildman–Crippen MR) is 59.2 cm³/mol. The van der Waals surface area contributed by atoms with E-state index in [2.05, 4.69) is 10.2 Å². The van der Waals surface area contributed by atoms with E-state index in [-0.39, 0.29) is 18.8 Å². The van der Waals surface area contributed by atoms with E-state index in [9.17, 15) is 8.78 Å². The molecule has 0 saturated heterocycles. The minimum Gasteiger partial charge on any atom is -0.285 e. The van der Waals surface area contributed by atoms with E-state index < -0.39 is 5.92 Å². The first-order chi connectivity index (χ1) is 8.59. The molecular formula is C12H10F2N4. The van der Waals surface area contributed by atoms with Crippen LogP contribution in [-0.2, 0) is 0 Å². The molecule has 2 aromatic heterocycles. The molecule has 6 heteroatoms. The highest BCUT2D eigenvalue weighted by Crippen LogP contribution is 2.43. The molecule has 1 saturated carbocycles. The summed E-state index contributed by atoms with van der Waals surface area (Å²) in [6.45, 7) is 0. The number of alkyl halides is 2. The standard InChI is InChI=1S/C12H10F2N4/c13-12(14)4-3-9(5-12)11-17-16-10-2-1-8(6-15)7-18(10)11/h1-2,7,9H,3-5H2. The maximum Gasteiger partial charge on any atom is 0.248 e.